The quantitative estimate of drug-likeness (QED) is 0.858. The van der Waals surface area contributed by atoms with Crippen molar-refractivity contribution in [3.8, 4) is 5.75 Å². The molecule has 0 fully saturated rings. The maximum atomic E-state index is 13.4. The van der Waals surface area contributed by atoms with Gasteiger partial charge in [0.2, 0.25) is 0 Å². The minimum atomic E-state index is -0.632. The number of phenols is 1. The summed E-state index contributed by atoms with van der Waals surface area (Å²) in [5.74, 6) is -0.992. The van der Waals surface area contributed by atoms with Crippen molar-refractivity contribution >= 4 is 22.0 Å². The number of aromatic hydroxyl groups is 1. The van der Waals surface area contributed by atoms with Gasteiger partial charge in [-0.25, -0.2) is 4.39 Å². The molecule has 0 aliphatic carbocycles. The summed E-state index contributed by atoms with van der Waals surface area (Å²) in [5, 5.41) is 9.38. The Balaban J connectivity index is 3.26. The van der Waals surface area contributed by atoms with Crippen LogP contribution >= 0.6 is 15.9 Å². The average Bonchev–Trinajstić information content (AvgIpc) is 2.18. The molecule has 76 valence electrons. The summed E-state index contributed by atoms with van der Waals surface area (Å²) in [5.41, 5.74) is 6.37. The first-order valence-electron chi connectivity index (χ1n) is 4.12. The lowest BCUT2D eigenvalue weighted by atomic mass is 10.1. The van der Waals surface area contributed by atoms with E-state index in [2.05, 4.69) is 15.9 Å². The number of rotatable bonds is 2. The van der Waals surface area contributed by atoms with Crippen LogP contribution in [0.25, 0.3) is 6.08 Å². The predicted octanol–water partition coefficient (Wildman–Crippen LogP) is 2.57. The highest BCUT2D eigenvalue weighted by Crippen LogP contribution is 2.32. The zero-order valence-electron chi connectivity index (χ0n) is 7.72. The van der Waals surface area contributed by atoms with Gasteiger partial charge in [-0.2, -0.15) is 0 Å². The third-order valence-corrected chi connectivity index (χ3v) is 2.82. The summed E-state index contributed by atoms with van der Waals surface area (Å²) in [6.07, 6.45) is 3.18. The largest absolute Gasteiger partial charge is 0.504 e. The van der Waals surface area contributed by atoms with Crippen LogP contribution in [0, 0.1) is 12.7 Å². The maximum Gasteiger partial charge on any atom is 0.173 e. The molecule has 0 aliphatic heterocycles. The van der Waals surface area contributed by atoms with Crippen LogP contribution in [0.2, 0.25) is 0 Å². The molecule has 1 aromatic carbocycles. The first-order valence-corrected chi connectivity index (χ1v) is 4.91. The van der Waals surface area contributed by atoms with E-state index < -0.39 is 5.82 Å². The number of aryl methyl sites for hydroxylation is 1. The Morgan fingerprint density at radius 1 is 1.64 bits per heavy atom. The lowest BCUT2D eigenvalue weighted by Gasteiger charge is -2.05. The SMILES string of the molecule is Cc1cc(/C=C/CN)c(F)c(O)c1Br. The van der Waals surface area contributed by atoms with Gasteiger partial charge < -0.3 is 10.8 Å². The van der Waals surface area contributed by atoms with E-state index >= 15 is 0 Å². The summed E-state index contributed by atoms with van der Waals surface area (Å²) in [4.78, 5) is 0. The molecule has 0 spiro atoms. The molecular formula is C10H11BrFNO. The molecule has 1 aromatic rings. The number of benzene rings is 1. The first-order chi connectivity index (χ1) is 6.57. The van der Waals surface area contributed by atoms with Gasteiger partial charge in [-0.1, -0.05) is 12.2 Å². The van der Waals surface area contributed by atoms with E-state index in [1.807, 2.05) is 0 Å². The smallest absolute Gasteiger partial charge is 0.173 e. The molecule has 0 amide bonds. The fraction of sp³-hybridized carbons (Fsp3) is 0.200. The molecule has 4 heteroatoms. The van der Waals surface area contributed by atoms with Crippen LogP contribution in [0.15, 0.2) is 16.6 Å². The summed E-state index contributed by atoms with van der Waals surface area (Å²) in [7, 11) is 0. The minimum absolute atomic E-state index is 0.341. The zero-order valence-corrected chi connectivity index (χ0v) is 9.31. The number of hydrogen-bond donors (Lipinski definition) is 2. The fourth-order valence-electron chi connectivity index (χ4n) is 1.10. The molecular weight excluding hydrogens is 249 g/mol. The highest BCUT2D eigenvalue weighted by Gasteiger charge is 2.11. The van der Waals surface area contributed by atoms with Crippen molar-refractivity contribution in [1.29, 1.82) is 0 Å². The lowest BCUT2D eigenvalue weighted by Crippen LogP contribution is -1.93. The maximum absolute atomic E-state index is 13.4. The number of phenolic OH excluding ortho intramolecular Hbond substituents is 1. The molecule has 0 aliphatic rings. The van der Waals surface area contributed by atoms with E-state index in [1.165, 1.54) is 0 Å². The van der Waals surface area contributed by atoms with Crippen LogP contribution in [-0.2, 0) is 0 Å². The molecule has 0 aromatic heterocycles. The van der Waals surface area contributed by atoms with Gasteiger partial charge in [0.1, 0.15) is 0 Å². The van der Waals surface area contributed by atoms with Gasteiger partial charge in [-0.15, -0.1) is 0 Å². The standard InChI is InChI=1S/C10H11BrFNO/c1-6-5-7(3-2-4-13)9(12)10(14)8(6)11/h2-3,5,14H,4,13H2,1H3/b3-2+. The summed E-state index contributed by atoms with van der Waals surface area (Å²) in [6, 6.07) is 1.64. The van der Waals surface area contributed by atoms with E-state index in [1.54, 1.807) is 25.1 Å². The molecule has 2 nitrogen and oxygen atoms in total. The molecule has 3 N–H and O–H groups in total. The Bertz CT molecular complexity index is 377. The molecule has 14 heavy (non-hydrogen) atoms. The van der Waals surface area contributed by atoms with Crippen LogP contribution in [0.4, 0.5) is 4.39 Å². The second kappa shape index (κ2) is 4.57. The molecule has 0 saturated heterocycles. The molecule has 1 rings (SSSR count). The van der Waals surface area contributed by atoms with Crippen molar-refractivity contribution in [2.45, 2.75) is 6.92 Å². The normalized spacial score (nSPS) is 11.1. The highest BCUT2D eigenvalue weighted by atomic mass is 79.9. The van der Waals surface area contributed by atoms with E-state index in [4.69, 9.17) is 5.73 Å². The van der Waals surface area contributed by atoms with Gasteiger partial charge in [-0.05, 0) is 34.5 Å². The van der Waals surface area contributed by atoms with Crippen molar-refractivity contribution in [2.75, 3.05) is 6.54 Å². The monoisotopic (exact) mass is 259 g/mol. The third-order valence-electron chi connectivity index (χ3n) is 1.82. The second-order valence-electron chi connectivity index (χ2n) is 2.90. The van der Waals surface area contributed by atoms with Crippen molar-refractivity contribution in [2.24, 2.45) is 5.73 Å². The minimum Gasteiger partial charge on any atom is -0.504 e. The van der Waals surface area contributed by atoms with Crippen LogP contribution in [0.1, 0.15) is 11.1 Å². The Labute approximate surface area is 90.4 Å². The Kier molecular flexibility index (Phi) is 3.66. The average molecular weight is 260 g/mol. The predicted molar refractivity (Wildman–Crippen MR) is 58.6 cm³/mol. The highest BCUT2D eigenvalue weighted by molar-refractivity contribution is 9.10. The lowest BCUT2D eigenvalue weighted by molar-refractivity contribution is 0.428. The van der Waals surface area contributed by atoms with Crippen molar-refractivity contribution < 1.29 is 9.50 Å². The van der Waals surface area contributed by atoms with E-state index in [9.17, 15) is 9.50 Å². The third kappa shape index (κ3) is 2.13. The van der Waals surface area contributed by atoms with Crippen LogP contribution in [-0.4, -0.2) is 11.7 Å². The van der Waals surface area contributed by atoms with E-state index in [-0.39, 0.29) is 5.75 Å². The molecule has 0 heterocycles. The second-order valence-corrected chi connectivity index (χ2v) is 3.69. The molecule has 0 radical (unpaired) electrons. The van der Waals surface area contributed by atoms with Gasteiger partial charge in [0, 0.05) is 12.1 Å². The number of nitrogens with two attached hydrogens (primary N) is 1. The van der Waals surface area contributed by atoms with E-state index in [0.29, 0.717) is 16.6 Å². The van der Waals surface area contributed by atoms with Gasteiger partial charge in [0.05, 0.1) is 4.47 Å². The number of halogens is 2. The molecule has 0 bridgehead atoms. The van der Waals surface area contributed by atoms with Crippen LogP contribution < -0.4 is 5.73 Å². The van der Waals surface area contributed by atoms with Gasteiger partial charge in [-0.3, -0.25) is 0 Å². The van der Waals surface area contributed by atoms with Gasteiger partial charge in [0.25, 0.3) is 0 Å². The zero-order chi connectivity index (χ0) is 10.7. The van der Waals surface area contributed by atoms with Crippen molar-refractivity contribution in [1.82, 2.24) is 0 Å². The van der Waals surface area contributed by atoms with Crippen molar-refractivity contribution in [3.05, 3.63) is 33.6 Å². The molecule has 0 atom stereocenters. The number of hydrogen-bond acceptors (Lipinski definition) is 2. The molecule has 0 unspecified atom stereocenters. The summed E-state index contributed by atoms with van der Waals surface area (Å²) in [6.45, 7) is 2.12. The topological polar surface area (TPSA) is 46.2 Å². The summed E-state index contributed by atoms with van der Waals surface area (Å²) >= 11 is 3.09. The van der Waals surface area contributed by atoms with Crippen LogP contribution in [0.5, 0.6) is 5.75 Å². The fourth-order valence-corrected chi connectivity index (χ4v) is 1.38. The Morgan fingerprint density at radius 2 is 2.29 bits per heavy atom. The van der Waals surface area contributed by atoms with Gasteiger partial charge in [0.15, 0.2) is 11.6 Å². The summed E-state index contributed by atoms with van der Waals surface area (Å²) < 4.78 is 13.8. The Morgan fingerprint density at radius 3 is 2.86 bits per heavy atom. The van der Waals surface area contributed by atoms with Gasteiger partial charge >= 0.3 is 0 Å². The van der Waals surface area contributed by atoms with Crippen molar-refractivity contribution in [3.63, 3.8) is 0 Å². The first kappa shape index (κ1) is 11.2. The van der Waals surface area contributed by atoms with Crippen LogP contribution in [0.3, 0.4) is 0 Å². The molecule has 0 saturated carbocycles. The Hall–Kier alpha value is -0.870. The van der Waals surface area contributed by atoms with E-state index in [0.717, 1.165) is 5.56 Å².